The molecular weight excluding hydrogens is 571 g/mol. The van der Waals surface area contributed by atoms with Gasteiger partial charge in [0, 0.05) is 47.8 Å². The molecule has 3 heterocycles. The number of nitrogens with zero attached hydrogens (tertiary/aromatic N) is 2. The summed E-state index contributed by atoms with van der Waals surface area (Å²) >= 11 is 6.12. The van der Waals surface area contributed by atoms with Crippen molar-refractivity contribution in [3.05, 3.63) is 110 Å². The molecule has 0 amide bonds. The van der Waals surface area contributed by atoms with Gasteiger partial charge in [0.05, 0.1) is 18.2 Å². The van der Waals surface area contributed by atoms with Crippen LogP contribution in [0.15, 0.2) is 53.5 Å². The molecule has 0 aliphatic carbocycles. The number of ether oxygens (including phenoxy) is 2. The van der Waals surface area contributed by atoms with Crippen molar-refractivity contribution in [3.63, 3.8) is 0 Å². The quantitative estimate of drug-likeness (QED) is 0.158. The van der Waals surface area contributed by atoms with E-state index in [1.54, 1.807) is 20.8 Å². The first-order valence-electron chi connectivity index (χ1n) is 12.7. The summed E-state index contributed by atoms with van der Waals surface area (Å²) in [7, 11) is 1.42. The number of aromatic nitrogens is 3. The van der Waals surface area contributed by atoms with Gasteiger partial charge in [-0.2, -0.15) is 0 Å². The van der Waals surface area contributed by atoms with Crippen molar-refractivity contribution in [1.82, 2.24) is 15.0 Å². The third-order valence-corrected chi connectivity index (χ3v) is 7.07. The second-order valence-electron chi connectivity index (χ2n) is 9.65. The molecule has 0 atom stereocenters. The topological polar surface area (TPSA) is 94.2 Å². The standard InChI is InChI=1S/C31H23ClF3N3O4/c1-14-9-18(33)5-6-19(14)27-15(2)37-16(3)28(30(27)40)23(39)11-17-10-21(35)25(12-20(17)34)42-24-7-8-36-22-13-26(41-4)31(32)38-29(22)24/h5-10,12-13H,11H2,1-4H3,(H,37,40). The molecule has 0 saturated carbocycles. The number of hydrogen-bond donors (Lipinski definition) is 1. The van der Waals surface area contributed by atoms with Gasteiger partial charge in [0.15, 0.2) is 34.0 Å². The smallest absolute Gasteiger partial charge is 0.200 e. The highest BCUT2D eigenvalue weighted by atomic mass is 35.5. The summed E-state index contributed by atoms with van der Waals surface area (Å²) in [5.74, 6) is -3.14. The first kappa shape index (κ1) is 28.8. The largest absolute Gasteiger partial charge is 0.493 e. The molecular formula is C31H23ClF3N3O4. The van der Waals surface area contributed by atoms with Gasteiger partial charge < -0.3 is 14.5 Å². The Balaban J connectivity index is 1.47. The van der Waals surface area contributed by atoms with Gasteiger partial charge in [0.25, 0.3) is 0 Å². The van der Waals surface area contributed by atoms with Crippen molar-refractivity contribution in [2.45, 2.75) is 27.2 Å². The minimum atomic E-state index is -0.944. The van der Waals surface area contributed by atoms with Gasteiger partial charge in [-0.15, -0.1) is 0 Å². The van der Waals surface area contributed by atoms with Crippen LogP contribution in [0.5, 0.6) is 17.2 Å². The number of ketones is 1. The Morgan fingerprint density at radius 2 is 1.71 bits per heavy atom. The van der Waals surface area contributed by atoms with E-state index >= 15 is 8.78 Å². The van der Waals surface area contributed by atoms with E-state index in [2.05, 4.69) is 15.0 Å². The summed E-state index contributed by atoms with van der Waals surface area (Å²) in [5, 5.41) is 0.0301. The van der Waals surface area contributed by atoms with E-state index in [1.807, 2.05) is 0 Å². The fraction of sp³-hybridized carbons (Fsp3) is 0.161. The number of Topliss-reactive ketones (excluding diaryl/α,β-unsaturated/α-hetero) is 1. The van der Waals surface area contributed by atoms with Crippen LogP contribution in [0, 0.1) is 38.2 Å². The van der Waals surface area contributed by atoms with Gasteiger partial charge in [-0.25, -0.2) is 18.2 Å². The second-order valence-corrected chi connectivity index (χ2v) is 10.0. The van der Waals surface area contributed by atoms with Crippen LogP contribution in [0.25, 0.3) is 22.2 Å². The molecule has 0 unspecified atom stereocenters. The first-order valence-corrected chi connectivity index (χ1v) is 13.0. The van der Waals surface area contributed by atoms with Crippen LogP contribution in [0.4, 0.5) is 13.2 Å². The van der Waals surface area contributed by atoms with E-state index in [-0.39, 0.29) is 44.6 Å². The number of rotatable bonds is 7. The molecule has 0 aliphatic rings. The number of hydrogen-bond acceptors (Lipinski definition) is 6. The highest BCUT2D eigenvalue weighted by molar-refractivity contribution is 6.31. The molecule has 5 rings (SSSR count). The molecule has 0 radical (unpaired) electrons. The van der Waals surface area contributed by atoms with Crippen molar-refractivity contribution >= 4 is 28.4 Å². The van der Waals surface area contributed by atoms with Gasteiger partial charge in [-0.05, 0) is 55.7 Å². The van der Waals surface area contributed by atoms with Gasteiger partial charge >= 0.3 is 0 Å². The number of halogens is 4. The lowest BCUT2D eigenvalue weighted by Gasteiger charge is -2.14. The fourth-order valence-corrected chi connectivity index (χ4v) is 5.05. The normalized spacial score (nSPS) is 11.1. The molecule has 3 aromatic heterocycles. The molecule has 0 fully saturated rings. The van der Waals surface area contributed by atoms with Crippen LogP contribution in [0.1, 0.15) is 32.9 Å². The number of fused-ring (bicyclic) bond motifs is 1. The summed E-state index contributed by atoms with van der Waals surface area (Å²) in [6.07, 6.45) is 0.810. The zero-order chi connectivity index (χ0) is 30.3. The van der Waals surface area contributed by atoms with Crippen LogP contribution >= 0.6 is 11.6 Å². The Labute approximate surface area is 242 Å². The monoisotopic (exact) mass is 593 g/mol. The molecule has 2 aromatic carbocycles. The maximum absolute atomic E-state index is 15.2. The molecule has 42 heavy (non-hydrogen) atoms. The maximum atomic E-state index is 15.2. The van der Waals surface area contributed by atoms with E-state index in [1.165, 1.54) is 43.6 Å². The minimum absolute atomic E-state index is 0.0301. The zero-order valence-electron chi connectivity index (χ0n) is 22.9. The van der Waals surface area contributed by atoms with E-state index in [0.717, 1.165) is 12.1 Å². The summed E-state index contributed by atoms with van der Waals surface area (Å²) in [6.45, 7) is 4.86. The molecule has 1 N–H and O–H groups in total. The predicted molar refractivity (Wildman–Crippen MR) is 152 cm³/mol. The molecule has 214 valence electrons. The van der Waals surface area contributed by atoms with Gasteiger partial charge in [-0.3, -0.25) is 14.6 Å². The second kappa shape index (κ2) is 11.3. The lowest BCUT2D eigenvalue weighted by atomic mass is 9.93. The number of aromatic amines is 1. The Hall–Kier alpha value is -4.70. The number of methoxy groups -OCH3 is 1. The minimum Gasteiger partial charge on any atom is -0.493 e. The summed E-state index contributed by atoms with van der Waals surface area (Å²) in [4.78, 5) is 38.2. The van der Waals surface area contributed by atoms with Crippen molar-refractivity contribution in [2.24, 2.45) is 0 Å². The number of benzene rings is 2. The average molecular weight is 594 g/mol. The number of aryl methyl sites for hydroxylation is 3. The Bertz CT molecular complexity index is 1960. The lowest BCUT2D eigenvalue weighted by Crippen LogP contribution is -2.23. The van der Waals surface area contributed by atoms with Gasteiger partial charge in [-0.1, -0.05) is 17.7 Å². The van der Waals surface area contributed by atoms with Crippen molar-refractivity contribution in [3.8, 4) is 28.4 Å². The van der Waals surface area contributed by atoms with Crippen molar-refractivity contribution in [2.75, 3.05) is 7.11 Å². The van der Waals surface area contributed by atoms with Crippen LogP contribution in [0.3, 0.4) is 0 Å². The first-order chi connectivity index (χ1) is 20.0. The number of carbonyl (C=O) groups is 1. The Morgan fingerprint density at radius 1 is 0.952 bits per heavy atom. The van der Waals surface area contributed by atoms with Crippen LogP contribution in [-0.2, 0) is 6.42 Å². The maximum Gasteiger partial charge on any atom is 0.200 e. The molecule has 5 aromatic rings. The molecule has 7 nitrogen and oxygen atoms in total. The Morgan fingerprint density at radius 3 is 2.43 bits per heavy atom. The van der Waals surface area contributed by atoms with E-state index in [4.69, 9.17) is 21.1 Å². The number of pyridine rings is 3. The summed E-state index contributed by atoms with van der Waals surface area (Å²) in [5.41, 5.74) is 1.43. The third-order valence-electron chi connectivity index (χ3n) is 6.80. The average Bonchev–Trinajstić information content (AvgIpc) is 2.92. The molecule has 0 bridgehead atoms. The van der Waals surface area contributed by atoms with Crippen molar-refractivity contribution in [1.29, 1.82) is 0 Å². The molecule has 0 saturated heterocycles. The number of nitrogens with one attached hydrogen (secondary N) is 1. The van der Waals surface area contributed by atoms with Crippen LogP contribution in [-0.4, -0.2) is 27.8 Å². The lowest BCUT2D eigenvalue weighted by molar-refractivity contribution is 0.0989. The fourth-order valence-electron chi connectivity index (χ4n) is 4.83. The molecule has 11 heteroatoms. The van der Waals surface area contributed by atoms with Crippen LogP contribution in [0.2, 0.25) is 5.15 Å². The number of H-pyrrole nitrogens is 1. The Kier molecular flexibility index (Phi) is 7.74. The summed E-state index contributed by atoms with van der Waals surface area (Å²) in [6, 6.07) is 8.58. The SMILES string of the molecule is COc1cc2nccc(Oc3cc(F)c(CC(=O)c4c(C)[nH]c(C)c(-c5ccc(F)cc5C)c4=O)cc3F)c2nc1Cl. The highest BCUT2D eigenvalue weighted by Gasteiger charge is 2.23. The zero-order valence-corrected chi connectivity index (χ0v) is 23.6. The van der Waals surface area contributed by atoms with Gasteiger partial charge in [0.1, 0.15) is 17.2 Å². The van der Waals surface area contributed by atoms with E-state index in [0.29, 0.717) is 22.3 Å². The van der Waals surface area contributed by atoms with E-state index in [9.17, 15) is 14.0 Å². The molecule has 0 spiro atoms. The van der Waals surface area contributed by atoms with Crippen molar-refractivity contribution < 1.29 is 27.4 Å². The number of carbonyl (C=O) groups excluding carboxylic acids is 1. The molecule has 0 aliphatic heterocycles. The van der Waals surface area contributed by atoms with Gasteiger partial charge in [0.2, 0.25) is 5.43 Å². The highest BCUT2D eigenvalue weighted by Crippen LogP contribution is 2.34. The predicted octanol–water partition coefficient (Wildman–Crippen LogP) is 7.21. The van der Waals surface area contributed by atoms with E-state index < -0.39 is 40.8 Å². The third kappa shape index (κ3) is 5.33. The van der Waals surface area contributed by atoms with Crippen LogP contribution < -0.4 is 14.9 Å². The summed E-state index contributed by atoms with van der Waals surface area (Å²) < 4.78 is 54.8.